The maximum Gasteiger partial charge on any atom is 0.0250 e. The lowest BCUT2D eigenvalue weighted by molar-refractivity contribution is 0.255. The van der Waals surface area contributed by atoms with E-state index in [-0.39, 0.29) is 0 Å². The summed E-state index contributed by atoms with van der Waals surface area (Å²) < 4.78 is 0. The molecule has 0 bridgehead atoms. The SMILES string of the molecule is c1ccc(C2CCCCC2NC2CCN3CCCC23)cc1. The van der Waals surface area contributed by atoms with E-state index < -0.39 is 0 Å². The third-order valence-electron chi connectivity index (χ3n) is 6.03. The Hall–Kier alpha value is -0.860. The van der Waals surface area contributed by atoms with Gasteiger partial charge in [-0.1, -0.05) is 43.2 Å². The molecule has 2 heteroatoms. The van der Waals surface area contributed by atoms with E-state index in [1.165, 1.54) is 58.0 Å². The van der Waals surface area contributed by atoms with E-state index in [0.717, 1.165) is 18.0 Å². The molecule has 0 amide bonds. The maximum atomic E-state index is 4.10. The van der Waals surface area contributed by atoms with Gasteiger partial charge in [-0.25, -0.2) is 0 Å². The summed E-state index contributed by atoms with van der Waals surface area (Å²) in [6.45, 7) is 2.67. The van der Waals surface area contributed by atoms with Crippen molar-refractivity contribution in [3.63, 3.8) is 0 Å². The second kappa shape index (κ2) is 6.10. The lowest BCUT2D eigenvalue weighted by Crippen LogP contribution is -2.47. The van der Waals surface area contributed by atoms with E-state index in [2.05, 4.69) is 40.5 Å². The van der Waals surface area contributed by atoms with Crippen LogP contribution in [-0.4, -0.2) is 36.1 Å². The smallest absolute Gasteiger partial charge is 0.0250 e. The highest BCUT2D eigenvalue weighted by atomic mass is 15.2. The first kappa shape index (κ1) is 13.8. The molecular weight excluding hydrogens is 256 g/mol. The van der Waals surface area contributed by atoms with Crippen LogP contribution in [0.5, 0.6) is 0 Å². The number of nitrogens with zero attached hydrogens (tertiary/aromatic N) is 1. The summed E-state index contributed by atoms with van der Waals surface area (Å²) >= 11 is 0. The van der Waals surface area contributed by atoms with Gasteiger partial charge < -0.3 is 5.32 Å². The zero-order valence-corrected chi connectivity index (χ0v) is 13.0. The third kappa shape index (κ3) is 2.76. The topological polar surface area (TPSA) is 15.3 Å². The Bertz CT molecular complexity index is 458. The number of rotatable bonds is 3. The van der Waals surface area contributed by atoms with Crippen LogP contribution in [-0.2, 0) is 0 Å². The fourth-order valence-electron chi connectivity index (χ4n) is 4.98. The average Bonchev–Trinajstić information content (AvgIpc) is 3.14. The lowest BCUT2D eigenvalue weighted by Gasteiger charge is -2.36. The predicted octanol–water partition coefficient (Wildman–Crippen LogP) is 3.54. The molecule has 1 N–H and O–H groups in total. The minimum Gasteiger partial charge on any atom is -0.309 e. The van der Waals surface area contributed by atoms with Gasteiger partial charge in [0.2, 0.25) is 0 Å². The van der Waals surface area contributed by atoms with Crippen molar-refractivity contribution in [1.82, 2.24) is 10.2 Å². The van der Waals surface area contributed by atoms with E-state index in [1.807, 2.05) is 0 Å². The highest BCUT2D eigenvalue weighted by molar-refractivity contribution is 5.22. The van der Waals surface area contributed by atoms with Crippen LogP contribution >= 0.6 is 0 Å². The highest BCUT2D eigenvalue weighted by Gasteiger charge is 2.39. The Morgan fingerprint density at radius 2 is 1.67 bits per heavy atom. The monoisotopic (exact) mass is 284 g/mol. The average molecular weight is 284 g/mol. The van der Waals surface area contributed by atoms with Crippen LogP contribution in [0.2, 0.25) is 0 Å². The molecule has 0 radical (unpaired) electrons. The van der Waals surface area contributed by atoms with Gasteiger partial charge in [0.05, 0.1) is 0 Å². The second-order valence-electron chi connectivity index (χ2n) is 7.22. The number of nitrogens with one attached hydrogen (secondary N) is 1. The molecule has 2 nitrogen and oxygen atoms in total. The van der Waals surface area contributed by atoms with Crippen LogP contribution in [0.4, 0.5) is 0 Å². The van der Waals surface area contributed by atoms with Crippen molar-refractivity contribution in [2.75, 3.05) is 13.1 Å². The third-order valence-corrected chi connectivity index (χ3v) is 6.03. The summed E-state index contributed by atoms with van der Waals surface area (Å²) in [6.07, 6.45) is 9.73. The van der Waals surface area contributed by atoms with Crippen molar-refractivity contribution < 1.29 is 0 Å². The van der Waals surface area contributed by atoms with Gasteiger partial charge >= 0.3 is 0 Å². The van der Waals surface area contributed by atoms with Crippen LogP contribution in [0.3, 0.4) is 0 Å². The zero-order chi connectivity index (χ0) is 14.1. The molecule has 4 unspecified atom stereocenters. The van der Waals surface area contributed by atoms with Crippen LogP contribution in [0.15, 0.2) is 30.3 Å². The van der Waals surface area contributed by atoms with Crippen molar-refractivity contribution in [2.45, 2.75) is 69.0 Å². The summed E-state index contributed by atoms with van der Waals surface area (Å²) in [4.78, 5) is 2.72. The van der Waals surface area contributed by atoms with Gasteiger partial charge in [0.15, 0.2) is 0 Å². The van der Waals surface area contributed by atoms with Crippen molar-refractivity contribution in [1.29, 1.82) is 0 Å². The van der Waals surface area contributed by atoms with Gasteiger partial charge in [0, 0.05) is 24.7 Å². The molecule has 1 aromatic carbocycles. The summed E-state index contributed by atoms with van der Waals surface area (Å²) in [5.74, 6) is 0.732. The molecule has 1 aliphatic carbocycles. The molecule has 3 fully saturated rings. The number of hydrogen-bond donors (Lipinski definition) is 1. The van der Waals surface area contributed by atoms with Gasteiger partial charge in [-0.05, 0) is 50.1 Å². The molecule has 0 spiro atoms. The summed E-state index contributed by atoms with van der Waals surface area (Å²) in [7, 11) is 0. The first-order valence-electron chi connectivity index (χ1n) is 8.97. The minimum atomic E-state index is 0.701. The van der Waals surface area contributed by atoms with E-state index in [9.17, 15) is 0 Å². The van der Waals surface area contributed by atoms with Gasteiger partial charge in [-0.2, -0.15) is 0 Å². The predicted molar refractivity (Wildman–Crippen MR) is 87.6 cm³/mol. The van der Waals surface area contributed by atoms with E-state index in [4.69, 9.17) is 0 Å². The van der Waals surface area contributed by atoms with Gasteiger partial charge in [-0.15, -0.1) is 0 Å². The van der Waals surface area contributed by atoms with E-state index in [1.54, 1.807) is 5.56 Å². The molecule has 4 rings (SSSR count). The molecule has 2 aliphatic heterocycles. The Kier molecular flexibility index (Phi) is 4.00. The minimum absolute atomic E-state index is 0.701. The normalized spacial score (nSPS) is 36.8. The van der Waals surface area contributed by atoms with Gasteiger partial charge in [-0.3, -0.25) is 4.90 Å². The van der Waals surface area contributed by atoms with E-state index >= 15 is 0 Å². The molecule has 2 saturated heterocycles. The van der Waals surface area contributed by atoms with Gasteiger partial charge in [0.25, 0.3) is 0 Å². The van der Waals surface area contributed by atoms with Crippen molar-refractivity contribution in [2.24, 2.45) is 0 Å². The van der Waals surface area contributed by atoms with Crippen molar-refractivity contribution in [3.05, 3.63) is 35.9 Å². The molecule has 1 saturated carbocycles. The number of fused-ring (bicyclic) bond motifs is 1. The molecule has 114 valence electrons. The van der Waals surface area contributed by atoms with Crippen LogP contribution in [0, 0.1) is 0 Å². The molecule has 4 atom stereocenters. The summed E-state index contributed by atoms with van der Waals surface area (Å²) in [5, 5.41) is 4.10. The first-order valence-corrected chi connectivity index (χ1v) is 8.97. The van der Waals surface area contributed by atoms with Crippen molar-refractivity contribution >= 4 is 0 Å². The lowest BCUT2D eigenvalue weighted by atomic mass is 9.79. The van der Waals surface area contributed by atoms with Gasteiger partial charge in [0.1, 0.15) is 0 Å². The molecule has 2 heterocycles. The molecule has 0 aromatic heterocycles. The van der Waals surface area contributed by atoms with Crippen molar-refractivity contribution in [3.8, 4) is 0 Å². The molecular formula is C19H28N2. The highest BCUT2D eigenvalue weighted by Crippen LogP contribution is 2.35. The zero-order valence-electron chi connectivity index (χ0n) is 13.0. The van der Waals surface area contributed by atoms with Crippen LogP contribution in [0.25, 0.3) is 0 Å². The largest absolute Gasteiger partial charge is 0.309 e. The Balaban J connectivity index is 1.47. The summed E-state index contributed by atoms with van der Waals surface area (Å²) in [6, 6.07) is 13.5. The fraction of sp³-hybridized carbons (Fsp3) is 0.684. The second-order valence-corrected chi connectivity index (χ2v) is 7.22. The number of benzene rings is 1. The van der Waals surface area contributed by atoms with E-state index in [0.29, 0.717) is 6.04 Å². The Morgan fingerprint density at radius 1 is 0.810 bits per heavy atom. The molecule has 3 aliphatic rings. The Morgan fingerprint density at radius 3 is 2.57 bits per heavy atom. The van der Waals surface area contributed by atoms with Crippen LogP contribution in [0.1, 0.15) is 56.4 Å². The quantitative estimate of drug-likeness (QED) is 0.913. The standard InChI is InChI=1S/C19H28N2/c1-2-7-15(8-3-1)16-9-4-5-10-17(16)20-18-12-14-21-13-6-11-19(18)21/h1-3,7-8,16-20H,4-6,9-14H2. The fourth-order valence-corrected chi connectivity index (χ4v) is 4.98. The maximum absolute atomic E-state index is 4.10. The summed E-state index contributed by atoms with van der Waals surface area (Å²) in [5.41, 5.74) is 1.55. The number of hydrogen-bond acceptors (Lipinski definition) is 2. The molecule has 21 heavy (non-hydrogen) atoms. The van der Waals surface area contributed by atoms with Crippen LogP contribution < -0.4 is 5.32 Å². The Labute approximate surface area is 128 Å². The first-order chi connectivity index (χ1) is 10.4. The molecule has 1 aromatic rings.